The molecule has 84 valence electrons. The summed E-state index contributed by atoms with van der Waals surface area (Å²) in [4.78, 5) is 0. The van der Waals surface area contributed by atoms with Crippen molar-refractivity contribution >= 4 is 5.84 Å². The van der Waals surface area contributed by atoms with E-state index in [1.165, 1.54) is 0 Å². The van der Waals surface area contributed by atoms with E-state index in [-0.39, 0.29) is 23.9 Å². The summed E-state index contributed by atoms with van der Waals surface area (Å²) in [6.07, 6.45) is 0.498. The number of amidine groups is 1. The minimum atomic E-state index is -0.140. The first-order chi connectivity index (χ1) is 6.41. The second-order valence-corrected chi connectivity index (χ2v) is 4.40. The molecule has 0 aliphatic carbocycles. The lowest BCUT2D eigenvalue weighted by Gasteiger charge is -2.24. The molecule has 5 nitrogen and oxygen atoms in total. The maximum absolute atomic E-state index is 9.01. The van der Waals surface area contributed by atoms with Crippen LogP contribution in [0.1, 0.15) is 27.2 Å². The lowest BCUT2D eigenvalue weighted by Crippen LogP contribution is -2.39. The van der Waals surface area contributed by atoms with Crippen LogP contribution >= 0.6 is 0 Å². The van der Waals surface area contributed by atoms with Gasteiger partial charge in [-0.05, 0) is 6.92 Å². The smallest absolute Gasteiger partial charge is 0.140 e. The van der Waals surface area contributed by atoms with Crippen molar-refractivity contribution in [3.8, 4) is 0 Å². The van der Waals surface area contributed by atoms with Crippen molar-refractivity contribution in [3.05, 3.63) is 0 Å². The first kappa shape index (κ1) is 13.2. The minimum Gasteiger partial charge on any atom is -0.409 e. The summed E-state index contributed by atoms with van der Waals surface area (Å²) in [7, 11) is 0. The number of oxime groups is 1. The Morgan fingerprint density at radius 2 is 2.14 bits per heavy atom. The fourth-order valence-corrected chi connectivity index (χ4v) is 0.933. The molecule has 0 aliphatic rings. The first-order valence-corrected chi connectivity index (χ1v) is 4.72. The molecule has 5 N–H and O–H groups in total. The van der Waals surface area contributed by atoms with E-state index in [1.807, 2.05) is 20.8 Å². The zero-order valence-corrected chi connectivity index (χ0v) is 9.12. The average molecular weight is 203 g/mol. The van der Waals surface area contributed by atoms with Gasteiger partial charge in [-0.15, -0.1) is 0 Å². The van der Waals surface area contributed by atoms with Crippen LogP contribution in [0.2, 0.25) is 0 Å². The van der Waals surface area contributed by atoms with Crippen molar-refractivity contribution in [3.63, 3.8) is 0 Å². The molecule has 0 fully saturated rings. The van der Waals surface area contributed by atoms with E-state index in [9.17, 15) is 0 Å². The van der Waals surface area contributed by atoms with Crippen molar-refractivity contribution in [2.75, 3.05) is 13.2 Å². The first-order valence-electron chi connectivity index (χ1n) is 4.72. The number of nitrogens with zero attached hydrogens (tertiary/aromatic N) is 1. The number of aliphatic hydroxyl groups is 1. The molecule has 0 aromatic heterocycles. The van der Waals surface area contributed by atoms with Crippen LogP contribution < -0.4 is 11.1 Å². The lowest BCUT2D eigenvalue weighted by atomic mass is 9.94. The molecule has 5 heteroatoms. The van der Waals surface area contributed by atoms with Gasteiger partial charge in [0.2, 0.25) is 0 Å². The maximum Gasteiger partial charge on any atom is 0.140 e. The van der Waals surface area contributed by atoms with Gasteiger partial charge in [-0.2, -0.15) is 0 Å². The Morgan fingerprint density at radius 3 is 2.57 bits per heavy atom. The molecule has 0 spiro atoms. The summed E-state index contributed by atoms with van der Waals surface area (Å²) in [6.45, 7) is 6.72. The van der Waals surface area contributed by atoms with Crippen LogP contribution in [0.5, 0.6) is 0 Å². The highest BCUT2D eigenvalue weighted by Crippen LogP contribution is 2.11. The summed E-state index contributed by atoms with van der Waals surface area (Å²) >= 11 is 0. The molecule has 0 aliphatic heterocycles. The third kappa shape index (κ3) is 5.77. The molecular weight excluding hydrogens is 182 g/mol. The number of aliphatic hydroxyl groups excluding tert-OH is 1. The van der Waals surface area contributed by atoms with Gasteiger partial charge in [-0.3, -0.25) is 0 Å². The van der Waals surface area contributed by atoms with Gasteiger partial charge in [0.15, 0.2) is 0 Å². The largest absolute Gasteiger partial charge is 0.409 e. The van der Waals surface area contributed by atoms with Crippen LogP contribution in [-0.4, -0.2) is 35.3 Å². The molecule has 0 saturated carbocycles. The zero-order valence-electron chi connectivity index (χ0n) is 9.12. The summed E-state index contributed by atoms with van der Waals surface area (Å²) in [5, 5.41) is 23.5. The molecule has 0 amide bonds. The van der Waals surface area contributed by atoms with Gasteiger partial charge in [-0.1, -0.05) is 19.0 Å². The Balaban J connectivity index is 3.80. The quantitative estimate of drug-likeness (QED) is 0.213. The molecule has 1 unspecified atom stereocenters. The standard InChI is InChI=1S/C9H21N3O2/c1-7(4-8(10)12-14)11-5-9(2,3)6-13/h7,11,13-14H,4-6H2,1-3H3,(H2,10,12). The normalized spacial score (nSPS) is 15.6. The van der Waals surface area contributed by atoms with Crippen molar-refractivity contribution < 1.29 is 10.3 Å². The van der Waals surface area contributed by atoms with Gasteiger partial charge < -0.3 is 21.4 Å². The Morgan fingerprint density at radius 1 is 1.57 bits per heavy atom. The third-order valence-electron chi connectivity index (χ3n) is 2.00. The Kier molecular flexibility index (Phi) is 5.49. The topological polar surface area (TPSA) is 90.9 Å². The number of rotatable bonds is 6. The third-order valence-corrected chi connectivity index (χ3v) is 2.00. The number of nitrogens with two attached hydrogens (primary N) is 1. The van der Waals surface area contributed by atoms with Crippen molar-refractivity contribution in [2.45, 2.75) is 33.2 Å². The van der Waals surface area contributed by atoms with Crippen LogP contribution in [0.15, 0.2) is 5.16 Å². The second kappa shape index (κ2) is 5.82. The van der Waals surface area contributed by atoms with E-state index in [0.29, 0.717) is 13.0 Å². The molecule has 14 heavy (non-hydrogen) atoms. The molecular formula is C9H21N3O2. The average Bonchev–Trinajstić information content (AvgIpc) is 2.15. The van der Waals surface area contributed by atoms with Crippen LogP contribution in [0, 0.1) is 5.41 Å². The Bertz CT molecular complexity index is 192. The molecule has 0 aromatic carbocycles. The molecule has 0 bridgehead atoms. The summed E-state index contributed by atoms with van der Waals surface area (Å²) < 4.78 is 0. The van der Waals surface area contributed by atoms with Gasteiger partial charge in [0.1, 0.15) is 5.84 Å². The van der Waals surface area contributed by atoms with E-state index in [1.54, 1.807) is 0 Å². The van der Waals surface area contributed by atoms with Crippen molar-refractivity contribution in [2.24, 2.45) is 16.3 Å². The van der Waals surface area contributed by atoms with E-state index in [4.69, 9.17) is 16.0 Å². The predicted molar refractivity (Wildman–Crippen MR) is 56.4 cm³/mol. The van der Waals surface area contributed by atoms with E-state index in [2.05, 4.69) is 10.5 Å². The number of nitrogens with one attached hydrogen (secondary N) is 1. The van der Waals surface area contributed by atoms with Gasteiger partial charge in [-0.25, -0.2) is 0 Å². The lowest BCUT2D eigenvalue weighted by molar-refractivity contribution is 0.154. The summed E-state index contributed by atoms with van der Waals surface area (Å²) in [6, 6.07) is 0.136. The molecule has 0 saturated heterocycles. The highest BCUT2D eigenvalue weighted by molar-refractivity contribution is 5.80. The highest BCUT2D eigenvalue weighted by Gasteiger charge is 2.17. The van der Waals surface area contributed by atoms with Crippen LogP contribution in [-0.2, 0) is 0 Å². The van der Waals surface area contributed by atoms with Crippen LogP contribution in [0.25, 0.3) is 0 Å². The highest BCUT2D eigenvalue weighted by atomic mass is 16.4. The van der Waals surface area contributed by atoms with Gasteiger partial charge in [0, 0.05) is 31.0 Å². The number of hydrogen-bond donors (Lipinski definition) is 4. The van der Waals surface area contributed by atoms with Crippen molar-refractivity contribution in [1.82, 2.24) is 5.32 Å². The van der Waals surface area contributed by atoms with Gasteiger partial charge >= 0.3 is 0 Å². The maximum atomic E-state index is 9.01. The second-order valence-electron chi connectivity index (χ2n) is 4.40. The molecule has 0 radical (unpaired) electrons. The van der Waals surface area contributed by atoms with E-state index in [0.717, 1.165) is 0 Å². The number of hydrogen-bond acceptors (Lipinski definition) is 4. The Labute approximate surface area is 85.0 Å². The fourth-order valence-electron chi connectivity index (χ4n) is 0.933. The fraction of sp³-hybridized carbons (Fsp3) is 0.889. The monoisotopic (exact) mass is 203 g/mol. The van der Waals surface area contributed by atoms with Crippen LogP contribution in [0.4, 0.5) is 0 Å². The molecule has 0 heterocycles. The van der Waals surface area contributed by atoms with Gasteiger partial charge in [0.25, 0.3) is 0 Å². The van der Waals surface area contributed by atoms with E-state index < -0.39 is 0 Å². The van der Waals surface area contributed by atoms with Gasteiger partial charge in [0.05, 0.1) is 0 Å². The SMILES string of the molecule is CC(CC(N)=NO)NCC(C)(C)CO. The summed E-state index contributed by atoms with van der Waals surface area (Å²) in [5.41, 5.74) is 5.22. The minimum absolute atomic E-state index is 0.135. The Hall–Kier alpha value is -0.810. The molecule has 0 aromatic rings. The van der Waals surface area contributed by atoms with Crippen molar-refractivity contribution in [1.29, 1.82) is 0 Å². The summed E-state index contributed by atoms with van der Waals surface area (Å²) in [5.74, 6) is 0.215. The molecule has 1 atom stereocenters. The zero-order chi connectivity index (χ0) is 11.2. The van der Waals surface area contributed by atoms with Crippen LogP contribution in [0.3, 0.4) is 0 Å². The predicted octanol–water partition coefficient (Wildman–Crippen LogP) is 0.119. The molecule has 0 rings (SSSR count). The van der Waals surface area contributed by atoms with E-state index >= 15 is 0 Å².